The summed E-state index contributed by atoms with van der Waals surface area (Å²) in [5.41, 5.74) is -0.481. The second-order valence-electron chi connectivity index (χ2n) is 4.62. The van der Waals surface area contributed by atoms with Crippen molar-refractivity contribution in [1.29, 1.82) is 0 Å². The molecule has 4 heteroatoms. The minimum Gasteiger partial charge on any atom is -0.458 e. The van der Waals surface area contributed by atoms with Gasteiger partial charge in [0.15, 0.2) is 0 Å². The molecule has 2 atom stereocenters. The molecule has 1 aliphatic carbocycles. The minimum absolute atomic E-state index is 0.0704. The number of rotatable bonds is 3. The standard InChI is InChI=1S/C11H18O4/c1-11(2,3)15-10(13)7-14-9-5-4-8(12)6-9/h4-5,8-9,12H,6-7H2,1-3H3. The van der Waals surface area contributed by atoms with Crippen molar-refractivity contribution in [3.8, 4) is 0 Å². The Kier molecular flexibility index (Phi) is 3.88. The maximum atomic E-state index is 11.3. The van der Waals surface area contributed by atoms with Crippen LogP contribution in [0.15, 0.2) is 12.2 Å². The Labute approximate surface area is 89.9 Å². The van der Waals surface area contributed by atoms with Gasteiger partial charge in [-0.25, -0.2) is 4.79 Å². The SMILES string of the molecule is CC(C)(C)OC(=O)COC1C=CC(O)C1. The van der Waals surface area contributed by atoms with E-state index >= 15 is 0 Å². The molecule has 0 aliphatic heterocycles. The molecule has 0 aromatic rings. The van der Waals surface area contributed by atoms with Crippen LogP contribution in [-0.2, 0) is 14.3 Å². The molecular formula is C11H18O4. The zero-order valence-electron chi connectivity index (χ0n) is 9.40. The molecule has 2 unspecified atom stereocenters. The van der Waals surface area contributed by atoms with Crippen LogP contribution in [-0.4, -0.2) is 35.5 Å². The lowest BCUT2D eigenvalue weighted by atomic mass is 10.2. The lowest BCUT2D eigenvalue weighted by molar-refractivity contribution is -0.161. The summed E-state index contributed by atoms with van der Waals surface area (Å²) in [6, 6.07) is 0. The minimum atomic E-state index is -0.481. The Morgan fingerprint density at radius 3 is 2.60 bits per heavy atom. The van der Waals surface area contributed by atoms with Crippen LogP contribution in [0.4, 0.5) is 0 Å². The van der Waals surface area contributed by atoms with Gasteiger partial charge in [0.1, 0.15) is 12.2 Å². The molecule has 15 heavy (non-hydrogen) atoms. The summed E-state index contributed by atoms with van der Waals surface area (Å²) < 4.78 is 10.3. The van der Waals surface area contributed by atoms with E-state index in [9.17, 15) is 4.79 Å². The molecule has 0 saturated carbocycles. The highest BCUT2D eigenvalue weighted by Gasteiger charge is 2.20. The number of aliphatic hydroxyl groups excluding tert-OH is 1. The van der Waals surface area contributed by atoms with E-state index in [1.165, 1.54) is 0 Å². The van der Waals surface area contributed by atoms with E-state index in [0.717, 1.165) is 0 Å². The normalized spacial score (nSPS) is 25.6. The van der Waals surface area contributed by atoms with Gasteiger partial charge in [0.2, 0.25) is 0 Å². The highest BCUT2D eigenvalue weighted by Crippen LogP contribution is 2.14. The summed E-state index contributed by atoms with van der Waals surface area (Å²) in [6.45, 7) is 5.36. The van der Waals surface area contributed by atoms with Crippen molar-refractivity contribution in [1.82, 2.24) is 0 Å². The van der Waals surface area contributed by atoms with E-state index < -0.39 is 11.7 Å². The van der Waals surface area contributed by atoms with Gasteiger partial charge in [-0.05, 0) is 20.8 Å². The molecule has 1 aliphatic rings. The Morgan fingerprint density at radius 1 is 1.47 bits per heavy atom. The number of carbonyl (C=O) groups excluding carboxylic acids is 1. The number of aliphatic hydroxyl groups is 1. The van der Waals surface area contributed by atoms with Crippen molar-refractivity contribution in [3.63, 3.8) is 0 Å². The molecule has 0 aromatic carbocycles. The predicted molar refractivity (Wildman–Crippen MR) is 55.3 cm³/mol. The molecule has 0 bridgehead atoms. The molecule has 0 heterocycles. The number of esters is 1. The number of carbonyl (C=O) groups is 1. The van der Waals surface area contributed by atoms with Crippen LogP contribution in [0.5, 0.6) is 0 Å². The summed E-state index contributed by atoms with van der Waals surface area (Å²) >= 11 is 0. The van der Waals surface area contributed by atoms with Gasteiger partial charge in [0.25, 0.3) is 0 Å². The van der Waals surface area contributed by atoms with E-state index in [1.807, 2.05) is 20.8 Å². The smallest absolute Gasteiger partial charge is 0.332 e. The van der Waals surface area contributed by atoms with Gasteiger partial charge >= 0.3 is 5.97 Å². The first-order chi connectivity index (χ1) is 6.87. The molecule has 0 spiro atoms. The van der Waals surface area contributed by atoms with E-state index in [1.54, 1.807) is 12.2 Å². The quantitative estimate of drug-likeness (QED) is 0.563. The second-order valence-corrected chi connectivity index (χ2v) is 4.62. The molecule has 0 fully saturated rings. The van der Waals surface area contributed by atoms with Crippen molar-refractivity contribution in [3.05, 3.63) is 12.2 Å². The summed E-state index contributed by atoms with van der Waals surface area (Å²) in [5.74, 6) is -0.378. The average molecular weight is 214 g/mol. The maximum Gasteiger partial charge on any atom is 0.332 e. The first-order valence-electron chi connectivity index (χ1n) is 5.06. The number of hydrogen-bond acceptors (Lipinski definition) is 4. The zero-order valence-corrected chi connectivity index (χ0v) is 9.40. The van der Waals surface area contributed by atoms with E-state index in [2.05, 4.69) is 0 Å². The highest BCUT2D eigenvalue weighted by molar-refractivity contribution is 5.71. The van der Waals surface area contributed by atoms with E-state index in [-0.39, 0.29) is 18.7 Å². The summed E-state index contributed by atoms with van der Waals surface area (Å²) in [6.07, 6.45) is 3.32. The van der Waals surface area contributed by atoms with E-state index in [4.69, 9.17) is 14.6 Å². The highest BCUT2D eigenvalue weighted by atomic mass is 16.6. The van der Waals surface area contributed by atoms with Crippen molar-refractivity contribution >= 4 is 5.97 Å². The Balaban J connectivity index is 2.20. The van der Waals surface area contributed by atoms with Gasteiger partial charge < -0.3 is 14.6 Å². The van der Waals surface area contributed by atoms with Crippen molar-refractivity contribution in [2.75, 3.05) is 6.61 Å². The third-order valence-corrected chi connectivity index (χ3v) is 1.86. The summed E-state index contributed by atoms with van der Waals surface area (Å²) in [5, 5.41) is 9.17. The van der Waals surface area contributed by atoms with Crippen LogP contribution in [0, 0.1) is 0 Å². The van der Waals surface area contributed by atoms with Gasteiger partial charge in [0.05, 0.1) is 12.2 Å². The lowest BCUT2D eigenvalue weighted by Gasteiger charge is -2.20. The second kappa shape index (κ2) is 4.77. The Hall–Kier alpha value is -0.870. The fraction of sp³-hybridized carbons (Fsp3) is 0.727. The molecule has 86 valence electrons. The fourth-order valence-corrected chi connectivity index (χ4v) is 1.32. The number of ether oxygens (including phenoxy) is 2. The van der Waals surface area contributed by atoms with Crippen LogP contribution < -0.4 is 0 Å². The van der Waals surface area contributed by atoms with Crippen LogP contribution >= 0.6 is 0 Å². The molecule has 0 radical (unpaired) electrons. The van der Waals surface area contributed by atoms with Gasteiger partial charge in [-0.1, -0.05) is 12.2 Å². The molecular weight excluding hydrogens is 196 g/mol. The van der Waals surface area contributed by atoms with Gasteiger partial charge in [-0.2, -0.15) is 0 Å². The van der Waals surface area contributed by atoms with Crippen molar-refractivity contribution < 1.29 is 19.4 Å². The molecule has 4 nitrogen and oxygen atoms in total. The first kappa shape index (κ1) is 12.2. The van der Waals surface area contributed by atoms with Crippen LogP contribution in [0.3, 0.4) is 0 Å². The average Bonchev–Trinajstić information content (AvgIpc) is 2.45. The van der Waals surface area contributed by atoms with Crippen LogP contribution in [0.25, 0.3) is 0 Å². The zero-order chi connectivity index (χ0) is 11.5. The third-order valence-electron chi connectivity index (χ3n) is 1.86. The first-order valence-corrected chi connectivity index (χ1v) is 5.06. The Morgan fingerprint density at radius 2 is 2.13 bits per heavy atom. The third kappa shape index (κ3) is 4.95. The fourth-order valence-electron chi connectivity index (χ4n) is 1.32. The van der Waals surface area contributed by atoms with Gasteiger partial charge in [0, 0.05) is 6.42 Å². The van der Waals surface area contributed by atoms with Crippen LogP contribution in [0.2, 0.25) is 0 Å². The molecule has 0 amide bonds. The van der Waals surface area contributed by atoms with Crippen molar-refractivity contribution in [2.24, 2.45) is 0 Å². The predicted octanol–water partition coefficient (Wildman–Crippen LogP) is 1.03. The number of hydrogen-bond donors (Lipinski definition) is 1. The Bertz CT molecular complexity index is 252. The molecule has 1 N–H and O–H groups in total. The summed E-state index contributed by atoms with van der Waals surface area (Å²) in [4.78, 5) is 11.3. The van der Waals surface area contributed by atoms with Gasteiger partial charge in [-0.15, -0.1) is 0 Å². The van der Waals surface area contributed by atoms with Gasteiger partial charge in [-0.3, -0.25) is 0 Å². The van der Waals surface area contributed by atoms with Crippen LogP contribution in [0.1, 0.15) is 27.2 Å². The monoisotopic (exact) mass is 214 g/mol. The molecule has 0 saturated heterocycles. The van der Waals surface area contributed by atoms with E-state index in [0.29, 0.717) is 6.42 Å². The lowest BCUT2D eigenvalue weighted by Crippen LogP contribution is -2.28. The maximum absolute atomic E-state index is 11.3. The largest absolute Gasteiger partial charge is 0.458 e. The van der Waals surface area contributed by atoms with Crippen molar-refractivity contribution in [2.45, 2.75) is 45.0 Å². The topological polar surface area (TPSA) is 55.8 Å². The molecule has 1 rings (SSSR count). The molecule has 0 aromatic heterocycles. The summed E-state index contributed by atoms with van der Waals surface area (Å²) in [7, 11) is 0.